The molecule has 0 atom stereocenters. The van der Waals surface area contributed by atoms with Gasteiger partial charge in [-0.2, -0.15) is 0 Å². The number of carbonyl (C=O) groups excluding carboxylic acids is 1. The SMILES string of the molecule is CCOc1ccccc1C=CC(=O)NC1CCN(Cc2cccc(C)c2)CC1. The van der Waals surface area contributed by atoms with Gasteiger partial charge >= 0.3 is 0 Å². The topological polar surface area (TPSA) is 41.6 Å². The maximum atomic E-state index is 12.3. The van der Waals surface area contributed by atoms with Crippen molar-refractivity contribution in [1.29, 1.82) is 0 Å². The number of piperidine rings is 1. The van der Waals surface area contributed by atoms with Crippen molar-refractivity contribution in [2.24, 2.45) is 0 Å². The Hall–Kier alpha value is -2.59. The lowest BCUT2D eigenvalue weighted by Gasteiger charge is -2.32. The van der Waals surface area contributed by atoms with E-state index in [-0.39, 0.29) is 11.9 Å². The van der Waals surface area contributed by atoms with E-state index in [0.717, 1.165) is 43.8 Å². The molecule has 2 aromatic rings. The third-order valence-electron chi connectivity index (χ3n) is 5.06. The number of hydrogen-bond donors (Lipinski definition) is 1. The molecule has 1 aliphatic rings. The number of carbonyl (C=O) groups is 1. The highest BCUT2D eigenvalue weighted by molar-refractivity contribution is 5.92. The smallest absolute Gasteiger partial charge is 0.244 e. The van der Waals surface area contributed by atoms with Crippen molar-refractivity contribution in [3.05, 3.63) is 71.3 Å². The van der Waals surface area contributed by atoms with Gasteiger partial charge in [-0.15, -0.1) is 0 Å². The highest BCUT2D eigenvalue weighted by atomic mass is 16.5. The van der Waals surface area contributed by atoms with Gasteiger partial charge in [0.2, 0.25) is 5.91 Å². The Morgan fingerprint density at radius 3 is 2.71 bits per heavy atom. The first-order chi connectivity index (χ1) is 13.6. The van der Waals surface area contributed by atoms with Crippen LogP contribution in [-0.4, -0.2) is 36.5 Å². The zero-order valence-corrected chi connectivity index (χ0v) is 16.9. The summed E-state index contributed by atoms with van der Waals surface area (Å²) in [6.45, 7) is 7.70. The van der Waals surface area contributed by atoms with Gasteiger partial charge in [0.25, 0.3) is 0 Å². The normalized spacial score (nSPS) is 15.6. The first kappa shape index (κ1) is 20.2. The molecule has 28 heavy (non-hydrogen) atoms. The van der Waals surface area contributed by atoms with E-state index in [0.29, 0.717) is 6.61 Å². The summed E-state index contributed by atoms with van der Waals surface area (Å²) in [5.74, 6) is 0.766. The summed E-state index contributed by atoms with van der Waals surface area (Å²) in [6.07, 6.45) is 5.41. The molecule has 1 amide bonds. The van der Waals surface area contributed by atoms with Crippen LogP contribution in [-0.2, 0) is 11.3 Å². The van der Waals surface area contributed by atoms with E-state index in [1.807, 2.05) is 37.3 Å². The number of hydrogen-bond acceptors (Lipinski definition) is 3. The Labute approximate surface area is 168 Å². The van der Waals surface area contributed by atoms with E-state index in [1.54, 1.807) is 6.08 Å². The number of nitrogens with one attached hydrogen (secondary N) is 1. The summed E-state index contributed by atoms with van der Waals surface area (Å²) in [6, 6.07) is 16.7. The fraction of sp³-hybridized carbons (Fsp3) is 0.375. The number of aryl methyl sites for hydroxylation is 1. The van der Waals surface area contributed by atoms with Gasteiger partial charge in [-0.3, -0.25) is 9.69 Å². The molecule has 3 rings (SSSR count). The van der Waals surface area contributed by atoms with Crippen LogP contribution < -0.4 is 10.1 Å². The van der Waals surface area contributed by atoms with Crippen molar-refractivity contribution in [2.75, 3.05) is 19.7 Å². The minimum Gasteiger partial charge on any atom is -0.493 e. The number of rotatable bonds is 7. The molecule has 0 aliphatic carbocycles. The van der Waals surface area contributed by atoms with Gasteiger partial charge in [-0.1, -0.05) is 48.0 Å². The molecule has 1 aliphatic heterocycles. The van der Waals surface area contributed by atoms with E-state index in [1.165, 1.54) is 11.1 Å². The highest BCUT2D eigenvalue weighted by Gasteiger charge is 2.20. The van der Waals surface area contributed by atoms with Crippen molar-refractivity contribution in [2.45, 2.75) is 39.3 Å². The average molecular weight is 379 g/mol. The first-order valence-corrected chi connectivity index (χ1v) is 10.1. The lowest BCUT2D eigenvalue weighted by atomic mass is 10.0. The second-order valence-corrected chi connectivity index (χ2v) is 7.35. The van der Waals surface area contributed by atoms with E-state index < -0.39 is 0 Å². The van der Waals surface area contributed by atoms with Crippen molar-refractivity contribution >= 4 is 12.0 Å². The van der Waals surface area contributed by atoms with Gasteiger partial charge < -0.3 is 10.1 Å². The van der Waals surface area contributed by atoms with Crippen LogP contribution in [0, 0.1) is 6.92 Å². The number of amides is 1. The number of benzene rings is 2. The van der Waals surface area contributed by atoms with Gasteiger partial charge in [0, 0.05) is 37.3 Å². The largest absolute Gasteiger partial charge is 0.493 e. The van der Waals surface area contributed by atoms with Crippen molar-refractivity contribution in [1.82, 2.24) is 10.2 Å². The molecule has 148 valence electrons. The zero-order valence-electron chi connectivity index (χ0n) is 16.9. The predicted molar refractivity (Wildman–Crippen MR) is 114 cm³/mol. The molecule has 1 saturated heterocycles. The van der Waals surface area contributed by atoms with Crippen LogP contribution in [0.1, 0.15) is 36.5 Å². The van der Waals surface area contributed by atoms with E-state index in [4.69, 9.17) is 4.74 Å². The average Bonchev–Trinajstić information content (AvgIpc) is 2.69. The van der Waals surface area contributed by atoms with Crippen LogP contribution in [0.15, 0.2) is 54.6 Å². The second-order valence-electron chi connectivity index (χ2n) is 7.35. The van der Waals surface area contributed by atoms with E-state index >= 15 is 0 Å². The Morgan fingerprint density at radius 1 is 1.18 bits per heavy atom. The van der Waals surface area contributed by atoms with Crippen LogP contribution in [0.5, 0.6) is 5.75 Å². The van der Waals surface area contributed by atoms with Gasteiger partial charge in [-0.25, -0.2) is 0 Å². The summed E-state index contributed by atoms with van der Waals surface area (Å²) in [7, 11) is 0. The molecular formula is C24H30N2O2. The summed E-state index contributed by atoms with van der Waals surface area (Å²) >= 11 is 0. The van der Waals surface area contributed by atoms with Gasteiger partial charge in [-0.05, 0) is 44.4 Å². The maximum absolute atomic E-state index is 12.3. The summed E-state index contributed by atoms with van der Waals surface area (Å²) in [5.41, 5.74) is 3.59. The third kappa shape index (κ3) is 5.96. The van der Waals surface area contributed by atoms with Crippen LogP contribution >= 0.6 is 0 Å². The predicted octanol–water partition coefficient (Wildman–Crippen LogP) is 4.19. The van der Waals surface area contributed by atoms with Gasteiger partial charge in [0.1, 0.15) is 5.75 Å². The monoisotopic (exact) mass is 378 g/mol. The first-order valence-electron chi connectivity index (χ1n) is 10.1. The Bertz CT molecular complexity index is 808. The number of likely N-dealkylation sites (tertiary alicyclic amines) is 1. The number of nitrogens with zero attached hydrogens (tertiary/aromatic N) is 1. The summed E-state index contributed by atoms with van der Waals surface area (Å²) in [4.78, 5) is 14.8. The fourth-order valence-electron chi connectivity index (χ4n) is 3.62. The van der Waals surface area contributed by atoms with Crippen LogP contribution in [0.4, 0.5) is 0 Å². The molecule has 4 nitrogen and oxygen atoms in total. The second kappa shape index (κ2) is 10.1. The van der Waals surface area contributed by atoms with Crippen molar-refractivity contribution in [3.63, 3.8) is 0 Å². The lowest BCUT2D eigenvalue weighted by molar-refractivity contribution is -0.117. The molecule has 1 heterocycles. The van der Waals surface area contributed by atoms with Crippen LogP contribution in [0.25, 0.3) is 6.08 Å². The molecule has 0 spiro atoms. The molecule has 1 fully saturated rings. The minimum absolute atomic E-state index is 0.0385. The molecule has 0 radical (unpaired) electrons. The molecule has 2 aromatic carbocycles. The zero-order chi connectivity index (χ0) is 19.8. The lowest BCUT2D eigenvalue weighted by Crippen LogP contribution is -2.43. The molecular weight excluding hydrogens is 348 g/mol. The quantitative estimate of drug-likeness (QED) is 0.735. The van der Waals surface area contributed by atoms with E-state index in [9.17, 15) is 4.79 Å². The van der Waals surface area contributed by atoms with E-state index in [2.05, 4.69) is 41.4 Å². The molecule has 0 unspecified atom stereocenters. The molecule has 0 aromatic heterocycles. The Balaban J connectivity index is 1.46. The maximum Gasteiger partial charge on any atom is 0.244 e. The molecule has 0 bridgehead atoms. The number of para-hydroxylation sites is 1. The standard InChI is InChI=1S/C24H30N2O2/c1-3-28-23-10-5-4-9-21(23)11-12-24(27)25-22-13-15-26(16-14-22)18-20-8-6-7-19(2)17-20/h4-12,17,22H,3,13-16,18H2,1-2H3,(H,25,27). The highest BCUT2D eigenvalue weighted by Crippen LogP contribution is 2.19. The van der Waals surface area contributed by atoms with Crippen LogP contribution in [0.2, 0.25) is 0 Å². The summed E-state index contributed by atoms with van der Waals surface area (Å²) in [5, 5.41) is 3.14. The molecule has 0 saturated carbocycles. The summed E-state index contributed by atoms with van der Waals surface area (Å²) < 4.78 is 5.60. The Morgan fingerprint density at radius 2 is 1.96 bits per heavy atom. The van der Waals surface area contributed by atoms with Crippen molar-refractivity contribution < 1.29 is 9.53 Å². The Kier molecular flexibility index (Phi) is 7.26. The van der Waals surface area contributed by atoms with Gasteiger partial charge in [0.05, 0.1) is 6.61 Å². The van der Waals surface area contributed by atoms with Gasteiger partial charge in [0.15, 0.2) is 0 Å². The third-order valence-corrected chi connectivity index (χ3v) is 5.06. The number of ether oxygens (including phenoxy) is 1. The van der Waals surface area contributed by atoms with Crippen molar-refractivity contribution in [3.8, 4) is 5.75 Å². The van der Waals surface area contributed by atoms with Crippen LogP contribution in [0.3, 0.4) is 0 Å². The minimum atomic E-state index is -0.0385. The molecule has 1 N–H and O–H groups in total. The molecule has 4 heteroatoms. The fourth-order valence-corrected chi connectivity index (χ4v) is 3.62.